The Kier molecular flexibility index (Phi) is 5.46. The zero-order valence-corrected chi connectivity index (χ0v) is 10.3. The number of carbonyl (C=O) groups is 1. The predicted molar refractivity (Wildman–Crippen MR) is 67.4 cm³/mol. The quantitative estimate of drug-likeness (QED) is 0.799. The van der Waals surface area contributed by atoms with Gasteiger partial charge in [0.15, 0.2) is 0 Å². The maximum Gasteiger partial charge on any atom is 0.221 e. The van der Waals surface area contributed by atoms with Crippen LogP contribution >= 0.6 is 0 Å². The largest absolute Gasteiger partial charge is 0.385 e. The van der Waals surface area contributed by atoms with Gasteiger partial charge in [-0.15, -0.1) is 0 Å². The molecule has 0 aliphatic rings. The van der Waals surface area contributed by atoms with E-state index in [9.17, 15) is 9.18 Å². The van der Waals surface area contributed by atoms with Gasteiger partial charge in [0.05, 0.1) is 0 Å². The van der Waals surface area contributed by atoms with Crippen LogP contribution in [0, 0.1) is 11.7 Å². The molecule has 1 rings (SSSR count). The van der Waals surface area contributed by atoms with Crippen molar-refractivity contribution in [3.63, 3.8) is 0 Å². The molecular weight excluding hydrogens is 219 g/mol. The van der Waals surface area contributed by atoms with E-state index in [1.807, 2.05) is 0 Å². The molecule has 3 nitrogen and oxygen atoms in total. The molecule has 0 heterocycles. The smallest absolute Gasteiger partial charge is 0.221 e. The Morgan fingerprint density at radius 2 is 1.94 bits per heavy atom. The van der Waals surface area contributed by atoms with Gasteiger partial charge in [-0.1, -0.05) is 13.8 Å². The minimum atomic E-state index is -0.259. The summed E-state index contributed by atoms with van der Waals surface area (Å²) in [4.78, 5) is 11.4. The van der Waals surface area contributed by atoms with Crippen molar-refractivity contribution in [3.8, 4) is 0 Å². The van der Waals surface area contributed by atoms with Crippen molar-refractivity contribution in [2.24, 2.45) is 5.92 Å². The van der Waals surface area contributed by atoms with Crippen LogP contribution in [0.1, 0.15) is 20.3 Å². The van der Waals surface area contributed by atoms with Gasteiger partial charge in [-0.05, 0) is 30.2 Å². The number of nitrogens with one attached hydrogen (secondary N) is 2. The van der Waals surface area contributed by atoms with Crippen LogP contribution in [0.4, 0.5) is 10.1 Å². The SMILES string of the molecule is CC(C)CNC(=O)CCNc1ccc(F)cc1. The third-order valence-corrected chi connectivity index (χ3v) is 2.23. The van der Waals surface area contributed by atoms with Crippen molar-refractivity contribution in [2.45, 2.75) is 20.3 Å². The number of amides is 1. The Morgan fingerprint density at radius 3 is 2.53 bits per heavy atom. The van der Waals surface area contributed by atoms with Crippen molar-refractivity contribution in [2.75, 3.05) is 18.4 Å². The molecule has 4 heteroatoms. The van der Waals surface area contributed by atoms with E-state index in [4.69, 9.17) is 0 Å². The van der Waals surface area contributed by atoms with Gasteiger partial charge in [0.25, 0.3) is 0 Å². The number of anilines is 1. The number of hydrogen-bond donors (Lipinski definition) is 2. The average Bonchev–Trinajstić information content (AvgIpc) is 2.29. The van der Waals surface area contributed by atoms with Crippen molar-refractivity contribution in [3.05, 3.63) is 30.1 Å². The van der Waals surface area contributed by atoms with Crippen LogP contribution < -0.4 is 10.6 Å². The van der Waals surface area contributed by atoms with Gasteiger partial charge in [-0.25, -0.2) is 4.39 Å². The lowest BCUT2D eigenvalue weighted by atomic mass is 10.2. The van der Waals surface area contributed by atoms with Gasteiger partial charge in [-0.2, -0.15) is 0 Å². The minimum absolute atomic E-state index is 0.0355. The van der Waals surface area contributed by atoms with Crippen LogP contribution in [0.25, 0.3) is 0 Å². The summed E-state index contributed by atoms with van der Waals surface area (Å²) in [6.45, 7) is 5.36. The first kappa shape index (κ1) is 13.5. The van der Waals surface area contributed by atoms with Gasteiger partial charge in [0.2, 0.25) is 5.91 Å². The maximum absolute atomic E-state index is 12.6. The second kappa shape index (κ2) is 6.89. The van der Waals surface area contributed by atoms with Crippen molar-refractivity contribution >= 4 is 11.6 Å². The lowest BCUT2D eigenvalue weighted by molar-refractivity contribution is -0.120. The molecule has 0 radical (unpaired) electrons. The van der Waals surface area contributed by atoms with Crippen LogP contribution in [-0.4, -0.2) is 19.0 Å². The second-order valence-corrected chi connectivity index (χ2v) is 4.38. The highest BCUT2D eigenvalue weighted by molar-refractivity contribution is 5.76. The normalized spacial score (nSPS) is 10.4. The van der Waals surface area contributed by atoms with Crippen molar-refractivity contribution < 1.29 is 9.18 Å². The maximum atomic E-state index is 12.6. The monoisotopic (exact) mass is 238 g/mol. The summed E-state index contributed by atoms with van der Waals surface area (Å²) in [5.74, 6) is 0.238. The summed E-state index contributed by atoms with van der Waals surface area (Å²) in [5, 5.41) is 5.90. The zero-order chi connectivity index (χ0) is 12.7. The fourth-order valence-corrected chi connectivity index (χ4v) is 1.29. The van der Waals surface area contributed by atoms with E-state index in [2.05, 4.69) is 24.5 Å². The van der Waals surface area contributed by atoms with Gasteiger partial charge in [0, 0.05) is 25.2 Å². The molecule has 0 fully saturated rings. The van der Waals surface area contributed by atoms with E-state index in [-0.39, 0.29) is 11.7 Å². The Hall–Kier alpha value is -1.58. The summed E-state index contributed by atoms with van der Waals surface area (Å²) in [6, 6.07) is 6.09. The third-order valence-electron chi connectivity index (χ3n) is 2.23. The van der Waals surface area contributed by atoms with E-state index < -0.39 is 0 Å². The van der Waals surface area contributed by atoms with Gasteiger partial charge in [-0.3, -0.25) is 4.79 Å². The van der Waals surface area contributed by atoms with E-state index in [1.54, 1.807) is 12.1 Å². The fourth-order valence-electron chi connectivity index (χ4n) is 1.29. The van der Waals surface area contributed by atoms with E-state index in [0.717, 1.165) is 5.69 Å². The van der Waals surface area contributed by atoms with Gasteiger partial charge < -0.3 is 10.6 Å². The molecule has 17 heavy (non-hydrogen) atoms. The third kappa shape index (κ3) is 5.90. The number of halogens is 1. The van der Waals surface area contributed by atoms with Crippen molar-refractivity contribution in [1.29, 1.82) is 0 Å². The summed E-state index contributed by atoms with van der Waals surface area (Å²) < 4.78 is 12.6. The number of rotatable bonds is 6. The molecule has 0 aliphatic carbocycles. The molecule has 0 atom stereocenters. The summed E-state index contributed by atoms with van der Waals surface area (Å²) >= 11 is 0. The molecule has 0 spiro atoms. The molecule has 94 valence electrons. The van der Waals surface area contributed by atoms with Crippen LogP contribution in [-0.2, 0) is 4.79 Å². The molecule has 1 aromatic rings. The molecule has 0 aromatic heterocycles. The Balaban J connectivity index is 2.19. The van der Waals surface area contributed by atoms with E-state index in [1.165, 1.54) is 12.1 Å². The molecule has 0 unspecified atom stereocenters. The van der Waals surface area contributed by atoms with Crippen LogP contribution in [0.3, 0.4) is 0 Å². The number of benzene rings is 1. The molecule has 0 bridgehead atoms. The van der Waals surface area contributed by atoms with E-state index >= 15 is 0 Å². The molecule has 1 aromatic carbocycles. The molecule has 0 aliphatic heterocycles. The Labute approximate surface area is 101 Å². The lowest BCUT2D eigenvalue weighted by Crippen LogP contribution is -2.28. The zero-order valence-electron chi connectivity index (χ0n) is 10.3. The Morgan fingerprint density at radius 1 is 1.29 bits per heavy atom. The summed E-state index contributed by atoms with van der Waals surface area (Å²) in [6.07, 6.45) is 0.421. The van der Waals surface area contributed by atoms with Crippen LogP contribution in [0.2, 0.25) is 0 Å². The highest BCUT2D eigenvalue weighted by Gasteiger charge is 2.01. The topological polar surface area (TPSA) is 41.1 Å². The predicted octanol–water partition coefficient (Wildman–Crippen LogP) is 2.40. The molecule has 2 N–H and O–H groups in total. The molecule has 0 saturated carbocycles. The standard InChI is InChI=1S/C13H19FN2O/c1-10(2)9-16-13(17)7-8-15-12-5-3-11(14)4-6-12/h3-6,10,15H,7-9H2,1-2H3,(H,16,17). The summed E-state index contributed by atoms with van der Waals surface area (Å²) in [5.41, 5.74) is 0.822. The van der Waals surface area contributed by atoms with Crippen molar-refractivity contribution in [1.82, 2.24) is 5.32 Å². The molecule has 1 amide bonds. The summed E-state index contributed by atoms with van der Waals surface area (Å²) in [7, 11) is 0. The second-order valence-electron chi connectivity index (χ2n) is 4.38. The molecular formula is C13H19FN2O. The fraction of sp³-hybridized carbons (Fsp3) is 0.462. The van der Waals surface area contributed by atoms with Crippen LogP contribution in [0.5, 0.6) is 0 Å². The lowest BCUT2D eigenvalue weighted by Gasteiger charge is -2.08. The van der Waals surface area contributed by atoms with Gasteiger partial charge in [0.1, 0.15) is 5.82 Å². The highest BCUT2D eigenvalue weighted by atomic mass is 19.1. The first-order valence-corrected chi connectivity index (χ1v) is 5.84. The molecule has 0 saturated heterocycles. The Bertz CT molecular complexity index is 349. The first-order chi connectivity index (χ1) is 8.08. The van der Waals surface area contributed by atoms with Gasteiger partial charge >= 0.3 is 0 Å². The minimum Gasteiger partial charge on any atom is -0.385 e. The average molecular weight is 238 g/mol. The number of hydrogen-bond acceptors (Lipinski definition) is 2. The van der Waals surface area contributed by atoms with Crippen LogP contribution in [0.15, 0.2) is 24.3 Å². The van der Waals surface area contributed by atoms with E-state index in [0.29, 0.717) is 25.4 Å². The highest BCUT2D eigenvalue weighted by Crippen LogP contribution is 2.07. The number of carbonyl (C=O) groups excluding carboxylic acids is 1. The first-order valence-electron chi connectivity index (χ1n) is 5.84.